The maximum absolute atomic E-state index is 13.7. The summed E-state index contributed by atoms with van der Waals surface area (Å²) < 4.78 is 15.3. The van der Waals surface area contributed by atoms with E-state index in [0.29, 0.717) is 23.6 Å². The number of nitrogens with one attached hydrogen (secondary N) is 1. The van der Waals surface area contributed by atoms with E-state index < -0.39 is 0 Å². The molecule has 172 valence electrons. The van der Waals surface area contributed by atoms with Crippen molar-refractivity contribution in [3.8, 4) is 0 Å². The minimum atomic E-state index is -0.350. The van der Waals surface area contributed by atoms with Gasteiger partial charge in [-0.25, -0.2) is 9.37 Å². The number of nitrogens with zero attached hydrogens (tertiary/aromatic N) is 3. The van der Waals surface area contributed by atoms with Crippen LogP contribution >= 0.6 is 12.4 Å². The Morgan fingerprint density at radius 2 is 1.76 bits per heavy atom. The van der Waals surface area contributed by atoms with Crippen molar-refractivity contribution in [1.29, 1.82) is 0 Å². The maximum Gasteiger partial charge on any atom is 0.269 e. The number of likely N-dealkylation sites (tertiary alicyclic amines) is 1. The molecule has 5 rings (SSSR count). The van der Waals surface area contributed by atoms with Gasteiger partial charge in [0.1, 0.15) is 5.82 Å². The Bertz CT molecular complexity index is 1300. The fourth-order valence-corrected chi connectivity index (χ4v) is 4.58. The van der Waals surface area contributed by atoms with Crippen LogP contribution < -0.4 is 10.9 Å². The van der Waals surface area contributed by atoms with Crippen molar-refractivity contribution in [2.24, 2.45) is 0 Å². The van der Waals surface area contributed by atoms with Crippen LogP contribution in [0.3, 0.4) is 0 Å². The van der Waals surface area contributed by atoms with Crippen molar-refractivity contribution in [3.05, 3.63) is 88.6 Å². The molecule has 0 saturated carbocycles. The van der Waals surface area contributed by atoms with Crippen LogP contribution in [0.15, 0.2) is 71.7 Å². The van der Waals surface area contributed by atoms with E-state index in [1.807, 2.05) is 0 Å². The summed E-state index contributed by atoms with van der Waals surface area (Å²) in [6.07, 6.45) is 3.48. The zero-order valence-corrected chi connectivity index (χ0v) is 19.2. The summed E-state index contributed by atoms with van der Waals surface area (Å²) in [6, 6.07) is 20.0. The van der Waals surface area contributed by atoms with Gasteiger partial charge in [0, 0.05) is 25.7 Å². The average molecular weight is 467 g/mol. The summed E-state index contributed by atoms with van der Waals surface area (Å²) in [6.45, 7) is 4.16. The number of benzene rings is 3. The molecule has 5 nitrogen and oxygen atoms in total. The highest BCUT2D eigenvalue weighted by Gasteiger charge is 2.19. The molecule has 0 amide bonds. The van der Waals surface area contributed by atoms with E-state index in [0.717, 1.165) is 39.0 Å². The van der Waals surface area contributed by atoms with Gasteiger partial charge in [0.2, 0.25) is 0 Å². The van der Waals surface area contributed by atoms with Crippen LogP contribution in [0.25, 0.3) is 21.8 Å². The molecule has 7 heteroatoms. The Hall–Kier alpha value is -2.80. The summed E-state index contributed by atoms with van der Waals surface area (Å²) in [5.41, 5.74) is 2.32. The molecule has 33 heavy (non-hydrogen) atoms. The second-order valence-corrected chi connectivity index (χ2v) is 8.56. The van der Waals surface area contributed by atoms with Crippen molar-refractivity contribution < 1.29 is 4.39 Å². The molecule has 1 aliphatic rings. The van der Waals surface area contributed by atoms with Crippen LogP contribution in [0.1, 0.15) is 18.4 Å². The van der Waals surface area contributed by atoms with Crippen LogP contribution in [-0.4, -0.2) is 40.1 Å². The second kappa shape index (κ2) is 10.4. The normalized spacial score (nSPS) is 15.1. The Morgan fingerprint density at radius 1 is 0.970 bits per heavy atom. The largest absolute Gasteiger partial charge is 0.310 e. The van der Waals surface area contributed by atoms with E-state index >= 15 is 0 Å². The highest BCUT2D eigenvalue weighted by atomic mass is 35.5. The number of halogens is 2. The van der Waals surface area contributed by atoms with Crippen LogP contribution in [0.5, 0.6) is 0 Å². The van der Waals surface area contributed by atoms with Gasteiger partial charge < -0.3 is 14.8 Å². The fraction of sp³-hybridized carbons (Fsp3) is 0.308. The molecule has 0 bridgehead atoms. The van der Waals surface area contributed by atoms with Gasteiger partial charge in [-0.3, -0.25) is 4.79 Å². The Balaban J connectivity index is 0.00000259. The molecule has 0 atom stereocenters. The van der Waals surface area contributed by atoms with Crippen LogP contribution in [-0.2, 0) is 13.1 Å². The van der Waals surface area contributed by atoms with Gasteiger partial charge in [0.15, 0.2) is 0 Å². The first-order chi connectivity index (χ1) is 15.7. The van der Waals surface area contributed by atoms with Gasteiger partial charge in [-0.05, 0) is 66.5 Å². The SMILES string of the molecule is Cl.O=c1cnc2ccc(F)cc2n1CCN1CCC(NCc2ccc3ccccc3c2)CC1. The number of piperidine rings is 1. The van der Waals surface area contributed by atoms with E-state index in [9.17, 15) is 9.18 Å². The predicted molar refractivity (Wildman–Crippen MR) is 133 cm³/mol. The molecular formula is C26H28ClFN4O. The third-order valence-electron chi connectivity index (χ3n) is 6.44. The Kier molecular flexibility index (Phi) is 7.38. The molecule has 0 aliphatic carbocycles. The minimum Gasteiger partial charge on any atom is -0.310 e. The van der Waals surface area contributed by atoms with Crippen LogP contribution in [0.2, 0.25) is 0 Å². The molecule has 0 spiro atoms. The zero-order valence-electron chi connectivity index (χ0n) is 18.4. The first kappa shape index (κ1) is 23.4. The smallest absolute Gasteiger partial charge is 0.269 e. The molecule has 0 radical (unpaired) electrons. The van der Waals surface area contributed by atoms with Crippen molar-refractivity contribution >= 4 is 34.2 Å². The number of rotatable bonds is 6. The molecule has 2 heterocycles. The molecule has 4 aromatic rings. The lowest BCUT2D eigenvalue weighted by Crippen LogP contribution is -2.43. The molecule has 3 aromatic carbocycles. The molecular weight excluding hydrogens is 439 g/mol. The predicted octanol–water partition coefficient (Wildman–Crippen LogP) is 4.36. The van der Waals surface area contributed by atoms with E-state index in [-0.39, 0.29) is 23.8 Å². The van der Waals surface area contributed by atoms with E-state index in [1.165, 1.54) is 34.7 Å². The van der Waals surface area contributed by atoms with Gasteiger partial charge >= 0.3 is 0 Å². The molecule has 0 unspecified atom stereocenters. The lowest BCUT2D eigenvalue weighted by Gasteiger charge is -2.32. The second-order valence-electron chi connectivity index (χ2n) is 8.56. The summed E-state index contributed by atoms with van der Waals surface area (Å²) in [5, 5.41) is 6.25. The van der Waals surface area contributed by atoms with Crippen LogP contribution in [0.4, 0.5) is 4.39 Å². The van der Waals surface area contributed by atoms with E-state index in [4.69, 9.17) is 0 Å². The van der Waals surface area contributed by atoms with Gasteiger partial charge in [0.25, 0.3) is 5.56 Å². The molecule has 1 N–H and O–H groups in total. The summed E-state index contributed by atoms with van der Waals surface area (Å²) >= 11 is 0. The van der Waals surface area contributed by atoms with Crippen molar-refractivity contribution in [2.45, 2.75) is 32.0 Å². The first-order valence-corrected chi connectivity index (χ1v) is 11.2. The molecule has 1 aliphatic heterocycles. The monoisotopic (exact) mass is 466 g/mol. The van der Waals surface area contributed by atoms with Crippen molar-refractivity contribution in [2.75, 3.05) is 19.6 Å². The third-order valence-corrected chi connectivity index (χ3v) is 6.44. The van der Waals surface area contributed by atoms with Crippen molar-refractivity contribution in [1.82, 2.24) is 19.8 Å². The third kappa shape index (κ3) is 5.41. The zero-order chi connectivity index (χ0) is 21.9. The highest BCUT2D eigenvalue weighted by molar-refractivity contribution is 5.85. The van der Waals surface area contributed by atoms with Crippen molar-refractivity contribution in [3.63, 3.8) is 0 Å². The van der Waals surface area contributed by atoms with Crippen LogP contribution in [0, 0.1) is 5.82 Å². The Morgan fingerprint density at radius 3 is 2.58 bits per heavy atom. The standard InChI is InChI=1S/C26H27FN4O.ClH/c27-22-7-8-24-25(16-22)31(26(32)18-29-24)14-13-30-11-9-23(10-12-30)28-17-19-5-6-20-3-1-2-4-21(20)15-19;/h1-8,15-16,18,23,28H,9-14,17H2;1H. The highest BCUT2D eigenvalue weighted by Crippen LogP contribution is 2.17. The number of aromatic nitrogens is 2. The Labute approximate surface area is 198 Å². The lowest BCUT2D eigenvalue weighted by molar-refractivity contribution is 0.191. The molecule has 1 aromatic heterocycles. The quantitative estimate of drug-likeness (QED) is 0.458. The number of hydrogen-bond donors (Lipinski definition) is 1. The lowest BCUT2D eigenvalue weighted by atomic mass is 10.0. The topological polar surface area (TPSA) is 50.2 Å². The minimum absolute atomic E-state index is 0. The molecule has 1 saturated heterocycles. The van der Waals surface area contributed by atoms with E-state index in [2.05, 4.69) is 57.7 Å². The van der Waals surface area contributed by atoms with E-state index in [1.54, 1.807) is 10.6 Å². The maximum atomic E-state index is 13.7. The summed E-state index contributed by atoms with van der Waals surface area (Å²) in [7, 11) is 0. The van der Waals surface area contributed by atoms with Gasteiger partial charge in [-0.1, -0.05) is 36.4 Å². The first-order valence-electron chi connectivity index (χ1n) is 11.2. The van der Waals surface area contributed by atoms with Gasteiger partial charge in [-0.2, -0.15) is 0 Å². The molecule has 1 fully saturated rings. The number of hydrogen-bond acceptors (Lipinski definition) is 4. The fourth-order valence-electron chi connectivity index (χ4n) is 4.58. The summed E-state index contributed by atoms with van der Waals surface area (Å²) in [4.78, 5) is 18.8. The van der Waals surface area contributed by atoms with Gasteiger partial charge in [-0.15, -0.1) is 12.4 Å². The number of fused-ring (bicyclic) bond motifs is 2. The summed E-state index contributed by atoms with van der Waals surface area (Å²) in [5.74, 6) is -0.350. The average Bonchev–Trinajstić information content (AvgIpc) is 2.82. The van der Waals surface area contributed by atoms with Gasteiger partial charge in [0.05, 0.1) is 17.2 Å².